The number of piperidine rings is 1. The van der Waals surface area contributed by atoms with Crippen LogP contribution < -0.4 is 5.32 Å². The van der Waals surface area contributed by atoms with E-state index in [1.807, 2.05) is 0 Å². The number of likely N-dealkylation sites (tertiary alicyclic amines) is 1. The molecule has 1 aliphatic heterocycles. The van der Waals surface area contributed by atoms with E-state index >= 15 is 0 Å². The fraction of sp³-hybridized carbons (Fsp3) is 0.550. The standard InChI is InChI=1S/C20H29N3O6S/c1-4-19(25)23-11-7-9-16(13-23)20(26)29-14-18(24)21-12-15-8-5-6-10-17(15)30(27,28)22(2)3/h5-6,8,10,16H,4,7,9,11-14H2,1-3H3,(H,21,24). The lowest BCUT2D eigenvalue weighted by atomic mass is 9.98. The van der Waals surface area contributed by atoms with Crippen LogP contribution in [0.25, 0.3) is 0 Å². The molecule has 0 radical (unpaired) electrons. The highest BCUT2D eigenvalue weighted by atomic mass is 32.2. The highest BCUT2D eigenvalue weighted by Crippen LogP contribution is 2.19. The molecular formula is C20H29N3O6S. The molecule has 30 heavy (non-hydrogen) atoms. The maximum absolute atomic E-state index is 12.4. The first-order valence-corrected chi connectivity index (χ1v) is 11.3. The Bertz CT molecular complexity index is 884. The number of nitrogens with one attached hydrogen (secondary N) is 1. The van der Waals surface area contributed by atoms with Gasteiger partial charge in [-0.3, -0.25) is 14.4 Å². The third-order valence-electron chi connectivity index (χ3n) is 4.96. The molecule has 2 amide bonds. The van der Waals surface area contributed by atoms with E-state index in [1.165, 1.54) is 20.2 Å². The van der Waals surface area contributed by atoms with Gasteiger partial charge in [0.2, 0.25) is 15.9 Å². The van der Waals surface area contributed by atoms with Crippen LogP contribution >= 0.6 is 0 Å². The first-order valence-electron chi connectivity index (χ1n) is 9.88. The van der Waals surface area contributed by atoms with Crippen molar-refractivity contribution in [1.82, 2.24) is 14.5 Å². The third-order valence-corrected chi connectivity index (χ3v) is 6.88. The summed E-state index contributed by atoms with van der Waals surface area (Å²) in [6, 6.07) is 6.39. The second-order valence-corrected chi connectivity index (χ2v) is 9.43. The SMILES string of the molecule is CCC(=O)N1CCCC(C(=O)OCC(=O)NCc2ccccc2S(=O)(=O)N(C)C)C1. The van der Waals surface area contributed by atoms with E-state index in [0.717, 1.165) is 10.7 Å². The number of ether oxygens (including phenoxy) is 1. The molecule has 1 saturated heterocycles. The maximum Gasteiger partial charge on any atom is 0.311 e. The molecule has 1 N–H and O–H groups in total. The predicted molar refractivity (Wildman–Crippen MR) is 110 cm³/mol. The van der Waals surface area contributed by atoms with E-state index in [4.69, 9.17) is 4.74 Å². The predicted octanol–water partition coefficient (Wildman–Crippen LogP) is 0.745. The van der Waals surface area contributed by atoms with Gasteiger partial charge in [-0.05, 0) is 24.5 Å². The number of rotatable bonds is 8. The van der Waals surface area contributed by atoms with Crippen molar-refractivity contribution in [2.45, 2.75) is 37.6 Å². The normalized spacial score (nSPS) is 16.9. The van der Waals surface area contributed by atoms with Gasteiger partial charge >= 0.3 is 5.97 Å². The van der Waals surface area contributed by atoms with E-state index in [9.17, 15) is 22.8 Å². The van der Waals surface area contributed by atoms with E-state index in [-0.39, 0.29) is 17.3 Å². The van der Waals surface area contributed by atoms with Crippen LogP contribution in [-0.2, 0) is 35.7 Å². The molecule has 10 heteroatoms. The highest BCUT2D eigenvalue weighted by Gasteiger charge is 2.29. The number of carbonyl (C=O) groups excluding carboxylic acids is 3. The van der Waals surface area contributed by atoms with Crippen molar-refractivity contribution in [2.75, 3.05) is 33.8 Å². The Labute approximate surface area is 177 Å². The Kier molecular flexibility index (Phi) is 8.36. The lowest BCUT2D eigenvalue weighted by molar-refractivity contribution is -0.155. The van der Waals surface area contributed by atoms with Gasteiger partial charge in [0.15, 0.2) is 6.61 Å². The number of sulfonamides is 1. The number of hydrogen-bond acceptors (Lipinski definition) is 6. The van der Waals surface area contributed by atoms with Gasteiger partial charge in [0, 0.05) is 40.2 Å². The minimum absolute atomic E-state index is 0.00316. The molecule has 2 rings (SSSR count). The summed E-state index contributed by atoms with van der Waals surface area (Å²) < 4.78 is 31.0. The minimum Gasteiger partial charge on any atom is -0.455 e. The lowest BCUT2D eigenvalue weighted by Gasteiger charge is -2.31. The molecule has 0 spiro atoms. The first-order chi connectivity index (χ1) is 14.2. The van der Waals surface area contributed by atoms with Crippen LogP contribution in [0.4, 0.5) is 0 Å². The molecule has 1 aromatic carbocycles. The number of carbonyl (C=O) groups is 3. The van der Waals surface area contributed by atoms with Gasteiger partial charge in [-0.25, -0.2) is 12.7 Å². The highest BCUT2D eigenvalue weighted by molar-refractivity contribution is 7.89. The molecular weight excluding hydrogens is 410 g/mol. The summed E-state index contributed by atoms with van der Waals surface area (Å²) in [7, 11) is -0.776. The van der Waals surface area contributed by atoms with Crippen LogP contribution in [0.3, 0.4) is 0 Å². The molecule has 0 aliphatic carbocycles. The quantitative estimate of drug-likeness (QED) is 0.598. The maximum atomic E-state index is 12.4. The fourth-order valence-electron chi connectivity index (χ4n) is 3.22. The van der Waals surface area contributed by atoms with Gasteiger partial charge in [-0.2, -0.15) is 0 Å². The molecule has 9 nitrogen and oxygen atoms in total. The molecule has 0 saturated carbocycles. The van der Waals surface area contributed by atoms with E-state index in [1.54, 1.807) is 30.0 Å². The van der Waals surface area contributed by atoms with Crippen molar-refractivity contribution < 1.29 is 27.5 Å². The molecule has 1 aliphatic rings. The molecule has 1 heterocycles. The Morgan fingerprint density at radius 2 is 1.93 bits per heavy atom. The van der Waals surface area contributed by atoms with E-state index in [2.05, 4.69) is 5.32 Å². The Balaban J connectivity index is 1.88. The van der Waals surface area contributed by atoms with Gasteiger partial charge in [0.05, 0.1) is 10.8 Å². The van der Waals surface area contributed by atoms with Crippen molar-refractivity contribution >= 4 is 27.8 Å². The third kappa shape index (κ3) is 6.02. The summed E-state index contributed by atoms with van der Waals surface area (Å²) in [4.78, 5) is 38.0. The van der Waals surface area contributed by atoms with E-state index in [0.29, 0.717) is 31.5 Å². The average molecular weight is 440 g/mol. The second-order valence-electron chi connectivity index (χ2n) is 7.31. The van der Waals surface area contributed by atoms with Crippen molar-refractivity contribution in [3.05, 3.63) is 29.8 Å². The number of esters is 1. The number of hydrogen-bond donors (Lipinski definition) is 1. The summed E-state index contributed by atoms with van der Waals surface area (Å²) >= 11 is 0. The summed E-state index contributed by atoms with van der Waals surface area (Å²) in [6.07, 6.45) is 1.72. The van der Waals surface area contributed by atoms with Gasteiger partial charge in [0.1, 0.15) is 0 Å². The first kappa shape index (κ1) is 23.8. The zero-order valence-corrected chi connectivity index (χ0v) is 18.4. The molecule has 1 unspecified atom stereocenters. The number of amides is 2. The van der Waals surface area contributed by atoms with Crippen molar-refractivity contribution in [1.29, 1.82) is 0 Å². The molecule has 1 fully saturated rings. The smallest absolute Gasteiger partial charge is 0.311 e. The van der Waals surface area contributed by atoms with Crippen molar-refractivity contribution in [2.24, 2.45) is 5.92 Å². The molecule has 0 aromatic heterocycles. The zero-order chi connectivity index (χ0) is 22.3. The lowest BCUT2D eigenvalue weighted by Crippen LogP contribution is -2.43. The summed E-state index contributed by atoms with van der Waals surface area (Å²) in [5, 5.41) is 2.58. The Morgan fingerprint density at radius 1 is 1.23 bits per heavy atom. The molecule has 166 valence electrons. The van der Waals surface area contributed by atoms with Gasteiger partial charge in [-0.15, -0.1) is 0 Å². The summed E-state index contributed by atoms with van der Waals surface area (Å²) in [5.41, 5.74) is 0.437. The molecule has 1 atom stereocenters. The molecule has 1 aromatic rings. The average Bonchev–Trinajstić information content (AvgIpc) is 2.75. The number of benzene rings is 1. The Morgan fingerprint density at radius 3 is 2.60 bits per heavy atom. The Hall–Kier alpha value is -2.46. The monoisotopic (exact) mass is 439 g/mol. The van der Waals surface area contributed by atoms with Gasteiger partial charge < -0.3 is 15.0 Å². The summed E-state index contributed by atoms with van der Waals surface area (Å²) in [6.45, 7) is 2.24. The van der Waals surface area contributed by atoms with Crippen LogP contribution in [0.2, 0.25) is 0 Å². The second kappa shape index (κ2) is 10.5. The minimum atomic E-state index is -3.65. The van der Waals surface area contributed by atoms with Crippen LogP contribution in [0, 0.1) is 5.92 Å². The summed E-state index contributed by atoms with van der Waals surface area (Å²) in [5.74, 6) is -1.48. The van der Waals surface area contributed by atoms with Crippen LogP contribution in [0.5, 0.6) is 0 Å². The topological polar surface area (TPSA) is 113 Å². The number of nitrogens with zero attached hydrogens (tertiary/aromatic N) is 2. The fourth-order valence-corrected chi connectivity index (χ4v) is 4.33. The largest absolute Gasteiger partial charge is 0.455 e. The zero-order valence-electron chi connectivity index (χ0n) is 17.6. The van der Waals surface area contributed by atoms with Crippen LogP contribution in [0.15, 0.2) is 29.2 Å². The van der Waals surface area contributed by atoms with Crippen LogP contribution in [-0.4, -0.2) is 69.2 Å². The van der Waals surface area contributed by atoms with Crippen molar-refractivity contribution in [3.8, 4) is 0 Å². The molecule has 0 bridgehead atoms. The van der Waals surface area contributed by atoms with Gasteiger partial charge in [0.25, 0.3) is 5.91 Å². The van der Waals surface area contributed by atoms with Crippen LogP contribution in [0.1, 0.15) is 31.7 Å². The van der Waals surface area contributed by atoms with Crippen molar-refractivity contribution in [3.63, 3.8) is 0 Å². The van der Waals surface area contributed by atoms with E-state index < -0.39 is 34.4 Å². The van der Waals surface area contributed by atoms with Gasteiger partial charge in [-0.1, -0.05) is 25.1 Å².